The maximum atomic E-state index is 10.9. The minimum absolute atomic E-state index is 0.0827. The predicted molar refractivity (Wildman–Crippen MR) is 110 cm³/mol. The molecule has 0 spiro atoms. The van der Waals surface area contributed by atoms with Crippen LogP contribution in [0.25, 0.3) is 5.69 Å². The van der Waals surface area contributed by atoms with Gasteiger partial charge in [0.15, 0.2) is 0 Å². The van der Waals surface area contributed by atoms with Crippen LogP contribution >= 0.6 is 0 Å². The Kier molecular flexibility index (Phi) is 4.95. The van der Waals surface area contributed by atoms with Gasteiger partial charge in [0.05, 0.1) is 10.6 Å². The lowest BCUT2D eigenvalue weighted by Gasteiger charge is -2.11. The normalized spacial score (nSPS) is 11.3. The second-order valence-electron chi connectivity index (χ2n) is 6.92. The van der Waals surface area contributed by atoms with Gasteiger partial charge in [-0.25, -0.2) is 0 Å². The van der Waals surface area contributed by atoms with Gasteiger partial charge in [-0.2, -0.15) is 0 Å². The van der Waals surface area contributed by atoms with E-state index >= 15 is 0 Å². The number of benzene rings is 2. The third-order valence-corrected chi connectivity index (χ3v) is 4.95. The molecule has 3 aromatic rings. The Morgan fingerprint density at radius 2 is 1.67 bits per heavy atom. The molecular weight excluding hydrogens is 338 g/mol. The molecule has 0 aliphatic heterocycles. The summed E-state index contributed by atoms with van der Waals surface area (Å²) in [6.07, 6.45) is 1.83. The molecule has 3 rings (SSSR count). The molecular formula is C22H23N3O2. The largest absolute Gasteiger partial charge is 0.318 e. The van der Waals surface area contributed by atoms with E-state index in [2.05, 4.69) is 61.5 Å². The number of aromatic nitrogens is 1. The van der Waals surface area contributed by atoms with E-state index in [-0.39, 0.29) is 5.69 Å². The van der Waals surface area contributed by atoms with E-state index in [4.69, 9.17) is 0 Å². The summed E-state index contributed by atoms with van der Waals surface area (Å²) in [7, 11) is 0. The maximum Gasteiger partial charge on any atom is 0.269 e. The summed E-state index contributed by atoms with van der Waals surface area (Å²) in [6, 6.07) is 13.3. The van der Waals surface area contributed by atoms with Crippen LogP contribution in [0.15, 0.2) is 47.5 Å². The lowest BCUT2D eigenvalue weighted by Crippen LogP contribution is -2.00. The Morgan fingerprint density at radius 1 is 0.926 bits per heavy atom. The monoisotopic (exact) mass is 361 g/mol. The summed E-state index contributed by atoms with van der Waals surface area (Å²) in [5.74, 6) is 0. The molecule has 0 N–H and O–H groups in total. The summed E-state index contributed by atoms with van der Waals surface area (Å²) in [6.45, 7) is 10.2. The number of non-ortho nitro benzene ring substituents is 1. The van der Waals surface area contributed by atoms with Crippen molar-refractivity contribution in [3.8, 4) is 5.69 Å². The fraction of sp³-hybridized carbons (Fsp3) is 0.227. The Bertz CT molecular complexity index is 1060. The smallest absolute Gasteiger partial charge is 0.269 e. The van der Waals surface area contributed by atoms with Crippen LogP contribution in [-0.4, -0.2) is 15.7 Å². The predicted octanol–water partition coefficient (Wildman–Crippen LogP) is 5.68. The molecule has 0 saturated carbocycles. The Labute approximate surface area is 159 Å². The highest BCUT2D eigenvalue weighted by atomic mass is 16.6. The molecule has 138 valence electrons. The standard InChI is InChI=1S/C22H23N3O2/c1-14-6-7-20(10-15(14)2)24-17(4)12-19(18(24)5)13-23-22-9-8-21(25(26)27)11-16(22)3/h6-13H,1-5H3. The van der Waals surface area contributed by atoms with E-state index in [1.807, 2.05) is 13.1 Å². The van der Waals surface area contributed by atoms with Gasteiger partial charge in [-0.15, -0.1) is 0 Å². The first kappa shape index (κ1) is 18.6. The first-order valence-electron chi connectivity index (χ1n) is 8.83. The van der Waals surface area contributed by atoms with Gasteiger partial charge in [0.2, 0.25) is 0 Å². The van der Waals surface area contributed by atoms with Crippen LogP contribution in [0.1, 0.15) is 33.6 Å². The average molecular weight is 361 g/mol. The number of hydrogen-bond acceptors (Lipinski definition) is 3. The van der Waals surface area contributed by atoms with Crippen LogP contribution in [0.5, 0.6) is 0 Å². The van der Waals surface area contributed by atoms with Crippen molar-refractivity contribution in [2.75, 3.05) is 0 Å². The Balaban J connectivity index is 1.96. The summed E-state index contributed by atoms with van der Waals surface area (Å²) in [4.78, 5) is 15.0. The molecule has 0 unspecified atom stereocenters. The number of aryl methyl sites for hydroxylation is 4. The lowest BCUT2D eigenvalue weighted by molar-refractivity contribution is -0.384. The van der Waals surface area contributed by atoms with Crippen LogP contribution in [-0.2, 0) is 0 Å². The number of hydrogen-bond donors (Lipinski definition) is 0. The topological polar surface area (TPSA) is 60.4 Å². The van der Waals surface area contributed by atoms with Gasteiger partial charge in [-0.05, 0) is 75.6 Å². The number of nitro benzene ring substituents is 1. The zero-order valence-electron chi connectivity index (χ0n) is 16.3. The van der Waals surface area contributed by atoms with Crippen molar-refractivity contribution in [1.29, 1.82) is 0 Å². The molecule has 1 heterocycles. The van der Waals surface area contributed by atoms with Gasteiger partial charge in [0, 0.05) is 41.0 Å². The van der Waals surface area contributed by atoms with Gasteiger partial charge in [-0.1, -0.05) is 6.07 Å². The highest BCUT2D eigenvalue weighted by molar-refractivity contribution is 5.84. The van der Waals surface area contributed by atoms with E-state index in [0.29, 0.717) is 0 Å². The minimum Gasteiger partial charge on any atom is -0.318 e. The first-order valence-corrected chi connectivity index (χ1v) is 8.83. The zero-order chi connectivity index (χ0) is 19.7. The summed E-state index contributed by atoms with van der Waals surface area (Å²) >= 11 is 0. The molecule has 2 aromatic carbocycles. The van der Waals surface area contributed by atoms with Crippen LogP contribution in [0.3, 0.4) is 0 Å². The molecule has 5 heteroatoms. The van der Waals surface area contributed by atoms with Crippen LogP contribution in [0, 0.1) is 44.7 Å². The molecule has 5 nitrogen and oxygen atoms in total. The molecule has 0 fully saturated rings. The second-order valence-corrected chi connectivity index (χ2v) is 6.92. The number of nitrogens with zero attached hydrogens (tertiary/aromatic N) is 3. The van der Waals surface area contributed by atoms with E-state index in [1.165, 1.54) is 17.2 Å². The maximum absolute atomic E-state index is 10.9. The van der Waals surface area contributed by atoms with Crippen molar-refractivity contribution in [3.05, 3.63) is 86.2 Å². The number of aliphatic imine (C=N–C) groups is 1. The minimum atomic E-state index is -0.391. The van der Waals surface area contributed by atoms with E-state index < -0.39 is 4.92 Å². The fourth-order valence-corrected chi connectivity index (χ4v) is 3.22. The zero-order valence-corrected chi connectivity index (χ0v) is 16.3. The van der Waals surface area contributed by atoms with Crippen molar-refractivity contribution >= 4 is 17.6 Å². The quantitative estimate of drug-likeness (QED) is 0.341. The Morgan fingerprint density at radius 3 is 2.30 bits per heavy atom. The van der Waals surface area contributed by atoms with Gasteiger partial charge in [0.1, 0.15) is 0 Å². The van der Waals surface area contributed by atoms with E-state index in [0.717, 1.165) is 33.9 Å². The van der Waals surface area contributed by atoms with Crippen molar-refractivity contribution in [3.63, 3.8) is 0 Å². The highest BCUT2D eigenvalue weighted by Crippen LogP contribution is 2.25. The SMILES string of the molecule is Cc1ccc(-n2c(C)cc(C=Nc3ccc([N+](=O)[O-])cc3C)c2C)cc1C. The van der Waals surface area contributed by atoms with Gasteiger partial charge in [-0.3, -0.25) is 15.1 Å². The number of rotatable bonds is 4. The third kappa shape index (κ3) is 3.67. The molecule has 0 aliphatic carbocycles. The Hall–Kier alpha value is -3.21. The molecule has 0 atom stereocenters. The molecule has 0 aliphatic rings. The lowest BCUT2D eigenvalue weighted by atomic mass is 10.1. The van der Waals surface area contributed by atoms with Crippen molar-refractivity contribution in [2.45, 2.75) is 34.6 Å². The molecule has 27 heavy (non-hydrogen) atoms. The van der Waals surface area contributed by atoms with Crippen molar-refractivity contribution in [2.24, 2.45) is 4.99 Å². The van der Waals surface area contributed by atoms with Crippen molar-refractivity contribution < 1.29 is 4.92 Å². The average Bonchev–Trinajstić information content (AvgIpc) is 2.90. The second kappa shape index (κ2) is 7.19. The molecule has 0 bridgehead atoms. The summed E-state index contributed by atoms with van der Waals surface area (Å²) < 4.78 is 2.22. The highest BCUT2D eigenvalue weighted by Gasteiger charge is 2.11. The molecule has 1 aromatic heterocycles. The van der Waals surface area contributed by atoms with Crippen molar-refractivity contribution in [1.82, 2.24) is 4.57 Å². The van der Waals surface area contributed by atoms with Crippen LogP contribution < -0.4 is 0 Å². The van der Waals surface area contributed by atoms with Gasteiger partial charge < -0.3 is 4.57 Å². The molecule has 0 amide bonds. The fourth-order valence-electron chi connectivity index (χ4n) is 3.22. The van der Waals surface area contributed by atoms with Gasteiger partial charge >= 0.3 is 0 Å². The number of nitro groups is 1. The van der Waals surface area contributed by atoms with E-state index in [1.54, 1.807) is 12.1 Å². The van der Waals surface area contributed by atoms with Crippen LogP contribution in [0.4, 0.5) is 11.4 Å². The molecule has 0 saturated heterocycles. The third-order valence-electron chi connectivity index (χ3n) is 4.95. The first-order chi connectivity index (χ1) is 12.8. The summed E-state index contributed by atoms with van der Waals surface area (Å²) in [5, 5.41) is 10.9. The van der Waals surface area contributed by atoms with Gasteiger partial charge in [0.25, 0.3) is 5.69 Å². The molecule has 0 radical (unpaired) electrons. The summed E-state index contributed by atoms with van der Waals surface area (Å²) in [5.41, 5.74) is 8.55. The van der Waals surface area contributed by atoms with E-state index in [9.17, 15) is 10.1 Å². The van der Waals surface area contributed by atoms with Crippen LogP contribution in [0.2, 0.25) is 0 Å².